The van der Waals surface area contributed by atoms with Gasteiger partial charge >= 0.3 is 0 Å². The Morgan fingerprint density at radius 3 is 2.65 bits per heavy atom. The first-order valence-corrected chi connectivity index (χ1v) is 8.42. The zero-order valence-electron chi connectivity index (χ0n) is 14.4. The largest absolute Gasteiger partial charge is 0.489 e. The van der Waals surface area contributed by atoms with Gasteiger partial charge in [0.2, 0.25) is 5.91 Å². The van der Waals surface area contributed by atoms with Crippen LogP contribution in [0.4, 0.5) is 8.78 Å². The molecule has 3 rings (SSSR count). The maximum absolute atomic E-state index is 13.5. The zero-order valence-corrected chi connectivity index (χ0v) is 14.4. The lowest BCUT2D eigenvalue weighted by atomic mass is 9.94. The highest BCUT2D eigenvalue weighted by Gasteiger charge is 2.35. The van der Waals surface area contributed by atoms with Crippen LogP contribution in [-0.2, 0) is 4.79 Å². The lowest BCUT2D eigenvalue weighted by Crippen LogP contribution is -2.38. The molecule has 1 fully saturated rings. The van der Waals surface area contributed by atoms with E-state index in [9.17, 15) is 13.6 Å². The molecule has 1 amide bonds. The first-order valence-electron chi connectivity index (χ1n) is 8.42. The molecule has 2 N–H and O–H groups in total. The molecule has 7 heteroatoms. The minimum absolute atomic E-state index is 0.0611. The second kappa shape index (κ2) is 8.25. The number of amides is 1. The first-order chi connectivity index (χ1) is 12.6. The number of hydrazine groups is 1. The minimum Gasteiger partial charge on any atom is -0.489 e. The molecule has 1 saturated heterocycles. The Bertz CT molecular complexity index is 755. The SMILES string of the molecule is CN(CCOc1ccccc1F)C(=O)C1CNNC1c1ccc(F)cc1. The summed E-state index contributed by atoms with van der Waals surface area (Å²) in [4.78, 5) is 14.3. The van der Waals surface area contributed by atoms with Crippen LogP contribution >= 0.6 is 0 Å². The number of halogens is 2. The van der Waals surface area contributed by atoms with Gasteiger partial charge in [-0.05, 0) is 29.8 Å². The van der Waals surface area contributed by atoms with Crippen LogP contribution in [-0.4, -0.2) is 37.6 Å². The van der Waals surface area contributed by atoms with Gasteiger partial charge < -0.3 is 9.64 Å². The Morgan fingerprint density at radius 1 is 1.19 bits per heavy atom. The number of carbonyl (C=O) groups is 1. The molecule has 2 aromatic rings. The lowest BCUT2D eigenvalue weighted by Gasteiger charge is -2.24. The molecular formula is C19H21F2N3O2. The van der Waals surface area contributed by atoms with Crippen molar-refractivity contribution in [2.75, 3.05) is 26.7 Å². The van der Waals surface area contributed by atoms with Crippen LogP contribution in [0, 0.1) is 17.6 Å². The van der Waals surface area contributed by atoms with Gasteiger partial charge in [-0.1, -0.05) is 24.3 Å². The summed E-state index contributed by atoms with van der Waals surface area (Å²) in [5, 5.41) is 0. The molecule has 2 atom stereocenters. The third kappa shape index (κ3) is 4.17. The predicted molar refractivity (Wildman–Crippen MR) is 93.3 cm³/mol. The Morgan fingerprint density at radius 2 is 1.92 bits per heavy atom. The topological polar surface area (TPSA) is 53.6 Å². The predicted octanol–water partition coefficient (Wildman–Crippen LogP) is 2.27. The molecule has 138 valence electrons. The number of hydrogen-bond acceptors (Lipinski definition) is 4. The van der Waals surface area contributed by atoms with Crippen LogP contribution in [0.5, 0.6) is 5.75 Å². The fourth-order valence-corrected chi connectivity index (χ4v) is 2.96. The van der Waals surface area contributed by atoms with E-state index in [1.807, 2.05) is 0 Å². The number of hydrogen-bond donors (Lipinski definition) is 2. The van der Waals surface area contributed by atoms with Crippen LogP contribution in [0.3, 0.4) is 0 Å². The lowest BCUT2D eigenvalue weighted by molar-refractivity contribution is -0.134. The van der Waals surface area contributed by atoms with Crippen LogP contribution in [0.25, 0.3) is 0 Å². The summed E-state index contributed by atoms with van der Waals surface area (Å²) < 4.78 is 32.1. The third-order valence-corrected chi connectivity index (χ3v) is 4.43. The van der Waals surface area contributed by atoms with Crippen molar-refractivity contribution in [3.8, 4) is 5.75 Å². The van der Waals surface area contributed by atoms with Gasteiger partial charge in [0.1, 0.15) is 12.4 Å². The van der Waals surface area contributed by atoms with Gasteiger partial charge in [-0.25, -0.2) is 14.2 Å². The number of carbonyl (C=O) groups excluding carboxylic acids is 1. The number of benzene rings is 2. The van der Waals surface area contributed by atoms with E-state index in [2.05, 4.69) is 10.9 Å². The van der Waals surface area contributed by atoms with E-state index in [0.29, 0.717) is 13.1 Å². The monoisotopic (exact) mass is 361 g/mol. The molecule has 5 nitrogen and oxygen atoms in total. The molecule has 2 unspecified atom stereocenters. The number of para-hydroxylation sites is 1. The van der Waals surface area contributed by atoms with Crippen molar-refractivity contribution in [3.63, 3.8) is 0 Å². The molecule has 1 aliphatic heterocycles. The Labute approximate surface area is 150 Å². The quantitative estimate of drug-likeness (QED) is 0.829. The summed E-state index contributed by atoms with van der Waals surface area (Å²) in [7, 11) is 1.69. The van der Waals surface area contributed by atoms with Gasteiger partial charge in [-0.3, -0.25) is 10.2 Å². The van der Waals surface area contributed by atoms with E-state index in [1.165, 1.54) is 18.2 Å². The highest BCUT2D eigenvalue weighted by molar-refractivity contribution is 5.80. The normalized spacial score (nSPS) is 19.3. The van der Waals surface area contributed by atoms with E-state index >= 15 is 0 Å². The molecule has 1 heterocycles. The molecule has 0 aromatic heterocycles. The number of ether oxygens (including phenoxy) is 1. The van der Waals surface area contributed by atoms with Crippen molar-refractivity contribution in [3.05, 3.63) is 65.7 Å². The summed E-state index contributed by atoms with van der Waals surface area (Å²) in [6.07, 6.45) is 0. The minimum atomic E-state index is -0.429. The first kappa shape index (κ1) is 18.3. The molecular weight excluding hydrogens is 340 g/mol. The van der Waals surface area contributed by atoms with Crippen molar-refractivity contribution >= 4 is 5.91 Å². The zero-order chi connectivity index (χ0) is 18.5. The summed E-state index contributed by atoms with van der Waals surface area (Å²) in [5.74, 6) is -0.957. The smallest absolute Gasteiger partial charge is 0.228 e. The van der Waals surface area contributed by atoms with Gasteiger partial charge in [-0.15, -0.1) is 0 Å². The fraction of sp³-hybridized carbons (Fsp3) is 0.316. The number of rotatable bonds is 6. The summed E-state index contributed by atoms with van der Waals surface area (Å²) in [6.45, 7) is 0.997. The van der Waals surface area contributed by atoms with E-state index < -0.39 is 5.82 Å². The standard InChI is InChI=1S/C19H21F2N3O2/c1-24(10-11-26-17-5-3-2-4-16(17)21)19(25)15-12-22-23-18(15)13-6-8-14(20)9-7-13/h2-9,15,18,22-23H,10-12H2,1H3. The Kier molecular flexibility index (Phi) is 5.80. The summed E-state index contributed by atoms with van der Waals surface area (Å²) >= 11 is 0. The Balaban J connectivity index is 1.57. The van der Waals surface area contributed by atoms with Crippen molar-refractivity contribution in [2.45, 2.75) is 6.04 Å². The van der Waals surface area contributed by atoms with E-state index in [0.717, 1.165) is 5.56 Å². The van der Waals surface area contributed by atoms with Crippen LogP contribution in [0.1, 0.15) is 11.6 Å². The highest BCUT2D eigenvalue weighted by atomic mass is 19.1. The molecule has 0 bridgehead atoms. The van der Waals surface area contributed by atoms with Gasteiger partial charge in [0.25, 0.3) is 0 Å². The molecule has 0 radical (unpaired) electrons. The summed E-state index contributed by atoms with van der Waals surface area (Å²) in [5.41, 5.74) is 6.89. The molecule has 1 aliphatic rings. The van der Waals surface area contributed by atoms with Gasteiger partial charge in [0.05, 0.1) is 18.5 Å². The molecule has 2 aromatic carbocycles. The fourth-order valence-electron chi connectivity index (χ4n) is 2.96. The van der Waals surface area contributed by atoms with Gasteiger partial charge in [0, 0.05) is 13.6 Å². The molecule has 0 spiro atoms. The van der Waals surface area contributed by atoms with E-state index in [1.54, 1.807) is 42.3 Å². The number of likely N-dealkylation sites (N-methyl/N-ethyl adjacent to an activating group) is 1. The van der Waals surface area contributed by atoms with Gasteiger partial charge in [-0.2, -0.15) is 0 Å². The Hall–Kier alpha value is -2.51. The average Bonchev–Trinajstić information content (AvgIpc) is 3.13. The van der Waals surface area contributed by atoms with Crippen LogP contribution in [0.15, 0.2) is 48.5 Å². The van der Waals surface area contributed by atoms with Crippen LogP contribution < -0.4 is 15.6 Å². The number of nitrogens with zero attached hydrogens (tertiary/aromatic N) is 1. The molecule has 0 saturated carbocycles. The van der Waals surface area contributed by atoms with Crippen molar-refractivity contribution in [1.82, 2.24) is 15.8 Å². The maximum Gasteiger partial charge on any atom is 0.228 e. The molecule has 26 heavy (non-hydrogen) atoms. The van der Waals surface area contributed by atoms with E-state index in [4.69, 9.17) is 4.74 Å². The van der Waals surface area contributed by atoms with E-state index in [-0.39, 0.29) is 36.0 Å². The van der Waals surface area contributed by atoms with Crippen molar-refractivity contribution in [2.24, 2.45) is 5.92 Å². The van der Waals surface area contributed by atoms with Crippen molar-refractivity contribution < 1.29 is 18.3 Å². The van der Waals surface area contributed by atoms with Crippen LogP contribution in [0.2, 0.25) is 0 Å². The third-order valence-electron chi connectivity index (χ3n) is 4.43. The van der Waals surface area contributed by atoms with Gasteiger partial charge in [0.15, 0.2) is 11.6 Å². The number of nitrogens with one attached hydrogen (secondary N) is 2. The molecule has 0 aliphatic carbocycles. The second-order valence-corrected chi connectivity index (χ2v) is 6.20. The summed E-state index contributed by atoms with van der Waals surface area (Å²) in [6, 6.07) is 12.0. The second-order valence-electron chi connectivity index (χ2n) is 6.20. The maximum atomic E-state index is 13.5. The van der Waals surface area contributed by atoms with Crippen molar-refractivity contribution in [1.29, 1.82) is 0 Å². The highest BCUT2D eigenvalue weighted by Crippen LogP contribution is 2.26. The average molecular weight is 361 g/mol.